The van der Waals surface area contributed by atoms with Crippen LogP contribution in [0.25, 0.3) is 0 Å². The molecule has 0 aliphatic carbocycles. The van der Waals surface area contributed by atoms with Gasteiger partial charge in [-0.05, 0) is 24.3 Å². The number of halogens is 1. The van der Waals surface area contributed by atoms with Gasteiger partial charge in [0.2, 0.25) is 0 Å². The summed E-state index contributed by atoms with van der Waals surface area (Å²) in [7, 11) is -3.08. The Morgan fingerprint density at radius 3 is 2.00 bits per heavy atom. The molecule has 0 saturated heterocycles. The van der Waals surface area contributed by atoms with Crippen molar-refractivity contribution in [2.45, 2.75) is 4.90 Å². The van der Waals surface area contributed by atoms with E-state index in [1.54, 1.807) is 24.3 Å². The molecule has 4 N–H and O–H groups in total. The van der Waals surface area contributed by atoms with Crippen molar-refractivity contribution in [1.82, 2.24) is 0 Å². The van der Waals surface area contributed by atoms with Gasteiger partial charge in [-0.2, -0.15) is 0 Å². The molecule has 0 amide bonds. The molecule has 0 spiro atoms. The largest absolute Gasteiger partial charge is 1.00 e. The Morgan fingerprint density at radius 2 is 1.69 bits per heavy atom. The van der Waals surface area contributed by atoms with Crippen LogP contribution >= 0.6 is 0 Å². The molecule has 1 rings (SSSR count). The molecule has 0 unspecified atom stereocenters. The zero-order valence-electron chi connectivity index (χ0n) is 7.12. The summed E-state index contributed by atoms with van der Waals surface area (Å²) < 4.78 is 22.0. The second-order valence-corrected chi connectivity index (χ2v) is 4.49. The molecule has 0 fully saturated rings. The number of quaternary nitrogens is 1. The van der Waals surface area contributed by atoms with E-state index in [1.807, 2.05) is 0 Å². The predicted octanol–water partition coefficient (Wildman–Crippen LogP) is -3.34. The lowest BCUT2D eigenvalue weighted by Crippen LogP contribution is -3.00. The Balaban J connectivity index is 0.00000144. The van der Waals surface area contributed by atoms with Crippen LogP contribution in [0.1, 0.15) is 0 Å². The molecule has 0 bridgehead atoms. The van der Waals surface area contributed by atoms with Crippen LogP contribution in [0.3, 0.4) is 0 Å². The zero-order valence-corrected chi connectivity index (χ0v) is 8.69. The highest BCUT2D eigenvalue weighted by atomic mass is 35.5. The van der Waals surface area contributed by atoms with E-state index >= 15 is 0 Å². The van der Waals surface area contributed by atoms with Crippen LogP contribution in [0.5, 0.6) is 0 Å². The number of benzene rings is 1. The highest BCUT2D eigenvalue weighted by Crippen LogP contribution is 2.11. The maximum Gasteiger partial charge on any atom is 0.175 e. The maximum absolute atomic E-state index is 11.0. The van der Waals surface area contributed by atoms with Gasteiger partial charge < -0.3 is 12.4 Å². The first-order chi connectivity index (χ1) is 5.54. The Bertz CT molecular complexity index is 361. The fourth-order valence-corrected chi connectivity index (χ4v) is 1.45. The van der Waals surface area contributed by atoms with Crippen LogP contribution in [0, 0.1) is 0 Å². The number of hydrogen-bond donors (Lipinski definition) is 2. The molecule has 6 heteroatoms. The van der Waals surface area contributed by atoms with Gasteiger partial charge in [-0.15, -0.1) is 0 Å². The van der Waals surface area contributed by atoms with Gasteiger partial charge >= 0.3 is 0 Å². The summed E-state index contributed by atoms with van der Waals surface area (Å²) in [6.45, 7) is 0. The quantitative estimate of drug-likeness (QED) is 0.514. The topological polar surface area (TPSA) is 73.8 Å². The van der Waals surface area contributed by atoms with Gasteiger partial charge in [-0.3, -0.25) is 5.84 Å². The van der Waals surface area contributed by atoms with Crippen molar-refractivity contribution in [1.29, 1.82) is 0 Å². The fourth-order valence-electron chi connectivity index (χ4n) is 0.820. The molecule has 13 heavy (non-hydrogen) atoms. The predicted molar refractivity (Wildman–Crippen MR) is 46.1 cm³/mol. The van der Waals surface area contributed by atoms with E-state index in [1.165, 1.54) is 6.26 Å². The van der Waals surface area contributed by atoms with Crippen molar-refractivity contribution in [3.05, 3.63) is 24.3 Å². The third-order valence-corrected chi connectivity index (χ3v) is 2.62. The minimum Gasteiger partial charge on any atom is -1.00 e. The number of anilines is 1. The number of sulfone groups is 1. The van der Waals surface area contributed by atoms with E-state index in [4.69, 9.17) is 0 Å². The lowest BCUT2D eigenvalue weighted by molar-refractivity contribution is -0.325. The zero-order chi connectivity index (χ0) is 9.19. The second kappa shape index (κ2) is 4.45. The van der Waals surface area contributed by atoms with E-state index in [2.05, 4.69) is 11.3 Å². The summed E-state index contributed by atoms with van der Waals surface area (Å²) in [4.78, 5) is 0.321. The van der Waals surface area contributed by atoms with Gasteiger partial charge in [0.1, 0.15) is 0 Å². The Morgan fingerprint density at radius 1 is 1.23 bits per heavy atom. The average molecular weight is 223 g/mol. The monoisotopic (exact) mass is 222 g/mol. The summed E-state index contributed by atoms with van der Waals surface area (Å²) in [5, 5.41) is 0. The van der Waals surface area contributed by atoms with Gasteiger partial charge in [0.05, 0.1) is 10.6 Å². The molecule has 0 radical (unpaired) electrons. The molecular formula is C7H11ClN2O2S. The van der Waals surface area contributed by atoms with Crippen molar-refractivity contribution in [3.63, 3.8) is 0 Å². The van der Waals surface area contributed by atoms with E-state index in [-0.39, 0.29) is 12.4 Å². The molecule has 4 nitrogen and oxygen atoms in total. The standard InChI is InChI=1S/C7H10N2O2S.ClH/c1-12(10,11)7-4-2-6(9-8)3-5-7;/h2-5,9H,8H2,1H3;1H. The molecule has 0 aliphatic rings. The van der Waals surface area contributed by atoms with Crippen molar-refractivity contribution in [2.75, 3.05) is 11.7 Å². The number of rotatable bonds is 2. The van der Waals surface area contributed by atoms with Gasteiger partial charge in [0.15, 0.2) is 9.84 Å². The Hall–Kier alpha value is -0.780. The summed E-state index contributed by atoms with van der Waals surface area (Å²) in [6.07, 6.45) is 1.18. The average Bonchev–Trinajstić information content (AvgIpc) is 2.03. The molecule has 74 valence electrons. The summed E-state index contributed by atoms with van der Waals surface area (Å²) in [6, 6.07) is 6.43. The second-order valence-electron chi connectivity index (χ2n) is 2.47. The van der Waals surface area contributed by atoms with Gasteiger partial charge in [0.25, 0.3) is 0 Å². The minimum atomic E-state index is -3.08. The summed E-state index contributed by atoms with van der Waals surface area (Å²) in [5.74, 6) is 3.45. The van der Waals surface area contributed by atoms with Gasteiger partial charge in [-0.1, -0.05) is 0 Å². The minimum absolute atomic E-state index is 0. The van der Waals surface area contributed by atoms with E-state index in [9.17, 15) is 8.42 Å². The number of nitrogens with one attached hydrogen (secondary N) is 1. The van der Waals surface area contributed by atoms with Crippen LogP contribution in [0.2, 0.25) is 0 Å². The van der Waals surface area contributed by atoms with E-state index in [0.29, 0.717) is 4.90 Å². The van der Waals surface area contributed by atoms with Crippen LogP contribution < -0.4 is 23.7 Å². The van der Waals surface area contributed by atoms with Crippen LogP contribution in [-0.4, -0.2) is 14.7 Å². The van der Waals surface area contributed by atoms with Crippen molar-refractivity contribution < 1.29 is 26.7 Å². The molecule has 0 aromatic heterocycles. The van der Waals surface area contributed by atoms with E-state index in [0.717, 1.165) is 5.69 Å². The molecular weight excluding hydrogens is 212 g/mol. The third kappa shape index (κ3) is 3.22. The fraction of sp³-hybridized carbons (Fsp3) is 0.143. The van der Waals surface area contributed by atoms with Crippen LogP contribution in [0.15, 0.2) is 29.2 Å². The number of hydrogen-bond acceptors (Lipinski definition) is 3. The molecule has 0 atom stereocenters. The molecule has 0 heterocycles. The van der Waals surface area contributed by atoms with Crippen molar-refractivity contribution in [2.24, 2.45) is 0 Å². The molecule has 1 aromatic rings. The highest BCUT2D eigenvalue weighted by Gasteiger charge is 2.05. The van der Waals surface area contributed by atoms with E-state index < -0.39 is 9.84 Å². The molecule has 0 saturated carbocycles. The Kier molecular flexibility index (Phi) is 4.19. The highest BCUT2D eigenvalue weighted by molar-refractivity contribution is 7.90. The van der Waals surface area contributed by atoms with Crippen molar-refractivity contribution >= 4 is 15.5 Å². The van der Waals surface area contributed by atoms with Gasteiger partial charge in [0, 0.05) is 6.26 Å². The first-order valence-corrected chi connectivity index (χ1v) is 5.26. The lowest BCUT2D eigenvalue weighted by atomic mass is 10.3. The third-order valence-electron chi connectivity index (χ3n) is 1.49. The normalized spacial score (nSPS) is 10.3. The van der Waals surface area contributed by atoms with Gasteiger partial charge in [-0.25, -0.2) is 13.8 Å². The SMILES string of the molecule is CS(=O)(=O)c1ccc(N[NH3+])cc1.[Cl-]. The van der Waals surface area contributed by atoms with Crippen molar-refractivity contribution in [3.8, 4) is 0 Å². The van der Waals surface area contributed by atoms with Crippen LogP contribution in [-0.2, 0) is 9.84 Å². The molecule has 0 aliphatic heterocycles. The lowest BCUT2D eigenvalue weighted by Gasteiger charge is -1.98. The summed E-state index contributed by atoms with van der Waals surface area (Å²) in [5.41, 5.74) is 3.45. The first-order valence-electron chi connectivity index (χ1n) is 3.37. The Labute approximate surface area is 83.4 Å². The summed E-state index contributed by atoms with van der Waals surface area (Å²) >= 11 is 0. The first kappa shape index (κ1) is 12.2. The smallest absolute Gasteiger partial charge is 0.175 e. The molecule has 1 aromatic carbocycles. The maximum atomic E-state index is 11.0. The van der Waals surface area contributed by atoms with Crippen LogP contribution in [0.4, 0.5) is 5.69 Å².